The van der Waals surface area contributed by atoms with Crippen LogP contribution < -0.4 is 15.5 Å². The molecule has 0 amide bonds. The molecule has 3 N–H and O–H groups in total. The summed E-state index contributed by atoms with van der Waals surface area (Å²) in [7, 11) is 0. The van der Waals surface area contributed by atoms with Crippen LogP contribution in [0.3, 0.4) is 0 Å². The number of anilines is 1. The van der Waals surface area contributed by atoms with Crippen molar-refractivity contribution in [2.45, 2.75) is 32.4 Å². The molecule has 0 spiro atoms. The van der Waals surface area contributed by atoms with Gasteiger partial charge in [-0.1, -0.05) is 29.8 Å². The molecule has 0 saturated carbocycles. The first-order valence-electron chi connectivity index (χ1n) is 9.71. The molecule has 3 rings (SSSR count). The van der Waals surface area contributed by atoms with Gasteiger partial charge in [-0.2, -0.15) is 0 Å². The van der Waals surface area contributed by atoms with Crippen LogP contribution in [0.1, 0.15) is 30.6 Å². The van der Waals surface area contributed by atoms with Gasteiger partial charge >= 0.3 is 0 Å². The number of nitrogens with one attached hydrogen (secondary N) is 2. The number of benzene rings is 1. The lowest BCUT2D eigenvalue weighted by atomic mass is 10.1. The number of aryl methyl sites for hydroxylation is 1. The first kappa shape index (κ1) is 20.1. The van der Waals surface area contributed by atoms with Gasteiger partial charge in [0.15, 0.2) is 17.6 Å². The van der Waals surface area contributed by atoms with E-state index < -0.39 is 6.10 Å². The second-order valence-electron chi connectivity index (χ2n) is 7.03. The average molecular weight is 385 g/mol. The second-order valence-corrected chi connectivity index (χ2v) is 7.03. The van der Waals surface area contributed by atoms with Crippen LogP contribution in [0.15, 0.2) is 47.6 Å². The molecule has 2 unspecified atom stereocenters. The van der Waals surface area contributed by atoms with Crippen LogP contribution in [-0.2, 0) is 0 Å². The van der Waals surface area contributed by atoms with Crippen molar-refractivity contribution < 1.29 is 9.50 Å². The molecule has 0 radical (unpaired) electrons. The highest BCUT2D eigenvalue weighted by Gasteiger charge is 2.26. The number of halogens is 1. The van der Waals surface area contributed by atoms with Crippen molar-refractivity contribution in [1.29, 1.82) is 0 Å². The fourth-order valence-corrected chi connectivity index (χ4v) is 3.35. The SMILES string of the molecule is CCNC(=NCC(O)c1cccc(C)c1)NC1CCN(c2ncccc2F)C1. The van der Waals surface area contributed by atoms with Gasteiger partial charge in [-0.05, 0) is 38.0 Å². The van der Waals surface area contributed by atoms with Crippen LogP contribution >= 0.6 is 0 Å². The van der Waals surface area contributed by atoms with E-state index in [1.54, 1.807) is 12.3 Å². The third-order valence-corrected chi connectivity index (χ3v) is 4.76. The maximum absolute atomic E-state index is 14.0. The lowest BCUT2D eigenvalue weighted by molar-refractivity contribution is 0.187. The molecule has 0 aliphatic carbocycles. The number of pyridine rings is 1. The minimum absolute atomic E-state index is 0.135. The summed E-state index contributed by atoms with van der Waals surface area (Å²) in [6.07, 6.45) is 1.82. The Morgan fingerprint density at radius 2 is 2.25 bits per heavy atom. The smallest absolute Gasteiger partial charge is 0.191 e. The van der Waals surface area contributed by atoms with E-state index in [9.17, 15) is 9.50 Å². The van der Waals surface area contributed by atoms with Crippen molar-refractivity contribution in [3.8, 4) is 0 Å². The van der Waals surface area contributed by atoms with Crippen LogP contribution in [0.5, 0.6) is 0 Å². The predicted octanol–water partition coefficient (Wildman–Crippen LogP) is 2.40. The van der Waals surface area contributed by atoms with Crippen LogP contribution in [0.25, 0.3) is 0 Å². The summed E-state index contributed by atoms with van der Waals surface area (Å²) >= 11 is 0. The van der Waals surface area contributed by atoms with E-state index >= 15 is 0 Å². The standard InChI is InChI=1S/C21H28FN5O/c1-3-23-21(25-13-19(28)16-7-4-6-15(2)12-16)26-17-9-11-27(14-17)20-18(22)8-5-10-24-20/h4-8,10,12,17,19,28H,3,9,11,13-14H2,1-2H3,(H2,23,25,26). The van der Waals surface area contributed by atoms with Crippen molar-refractivity contribution in [1.82, 2.24) is 15.6 Å². The van der Waals surface area contributed by atoms with E-state index in [4.69, 9.17) is 0 Å². The van der Waals surface area contributed by atoms with Crippen LogP contribution in [0.4, 0.5) is 10.2 Å². The Morgan fingerprint density at radius 1 is 1.39 bits per heavy atom. The molecule has 6 nitrogen and oxygen atoms in total. The predicted molar refractivity (Wildman–Crippen MR) is 110 cm³/mol. The fourth-order valence-electron chi connectivity index (χ4n) is 3.35. The van der Waals surface area contributed by atoms with Gasteiger partial charge in [0.2, 0.25) is 0 Å². The number of rotatable bonds is 6. The summed E-state index contributed by atoms with van der Waals surface area (Å²) in [6.45, 7) is 6.37. The van der Waals surface area contributed by atoms with Gasteiger partial charge in [0, 0.05) is 31.9 Å². The second kappa shape index (κ2) is 9.50. The number of hydrogen-bond acceptors (Lipinski definition) is 4. The molecule has 1 saturated heterocycles. The highest BCUT2D eigenvalue weighted by Crippen LogP contribution is 2.21. The molecule has 1 aliphatic rings. The Kier molecular flexibility index (Phi) is 6.81. The summed E-state index contributed by atoms with van der Waals surface area (Å²) < 4.78 is 14.0. The van der Waals surface area contributed by atoms with Gasteiger partial charge in [0.25, 0.3) is 0 Å². The zero-order valence-electron chi connectivity index (χ0n) is 16.4. The molecule has 7 heteroatoms. The Balaban J connectivity index is 1.60. The maximum atomic E-state index is 14.0. The fraction of sp³-hybridized carbons (Fsp3) is 0.429. The summed E-state index contributed by atoms with van der Waals surface area (Å²) in [6, 6.07) is 11.0. The molecular formula is C21H28FN5O. The van der Waals surface area contributed by atoms with Crippen LogP contribution in [0, 0.1) is 12.7 Å². The summed E-state index contributed by atoms with van der Waals surface area (Å²) in [4.78, 5) is 10.6. The van der Waals surface area contributed by atoms with E-state index in [1.807, 2.05) is 43.0 Å². The number of guanidine groups is 1. The Labute approximate surface area is 165 Å². The zero-order chi connectivity index (χ0) is 19.9. The molecule has 150 valence electrons. The molecule has 1 aromatic carbocycles. The molecule has 2 atom stereocenters. The van der Waals surface area contributed by atoms with Gasteiger partial charge in [0.05, 0.1) is 12.6 Å². The van der Waals surface area contributed by atoms with Crippen molar-refractivity contribution in [2.24, 2.45) is 4.99 Å². The topological polar surface area (TPSA) is 72.8 Å². The molecule has 1 aliphatic heterocycles. The molecule has 1 aromatic heterocycles. The molecule has 0 bridgehead atoms. The monoisotopic (exact) mass is 385 g/mol. The van der Waals surface area contributed by atoms with Crippen molar-refractivity contribution >= 4 is 11.8 Å². The van der Waals surface area contributed by atoms with E-state index in [-0.39, 0.29) is 18.4 Å². The number of aliphatic hydroxyl groups is 1. The highest BCUT2D eigenvalue weighted by atomic mass is 19.1. The van der Waals surface area contributed by atoms with E-state index in [0.29, 0.717) is 18.3 Å². The van der Waals surface area contributed by atoms with E-state index in [2.05, 4.69) is 20.6 Å². The van der Waals surface area contributed by atoms with E-state index in [1.165, 1.54) is 6.07 Å². The number of nitrogens with zero attached hydrogens (tertiary/aromatic N) is 3. The van der Waals surface area contributed by atoms with Crippen molar-refractivity contribution in [2.75, 3.05) is 31.1 Å². The first-order chi connectivity index (χ1) is 13.6. The maximum Gasteiger partial charge on any atom is 0.191 e. The Bertz CT molecular complexity index is 813. The minimum atomic E-state index is -0.655. The molecule has 2 heterocycles. The van der Waals surface area contributed by atoms with Crippen LogP contribution in [-0.4, -0.2) is 48.3 Å². The quantitative estimate of drug-likeness (QED) is 0.526. The number of hydrogen-bond donors (Lipinski definition) is 3. The Morgan fingerprint density at radius 3 is 3.00 bits per heavy atom. The Hall–Kier alpha value is -2.67. The minimum Gasteiger partial charge on any atom is -0.386 e. The largest absolute Gasteiger partial charge is 0.386 e. The first-order valence-corrected chi connectivity index (χ1v) is 9.71. The van der Waals surface area contributed by atoms with Crippen molar-refractivity contribution in [3.05, 3.63) is 59.5 Å². The third-order valence-electron chi connectivity index (χ3n) is 4.76. The van der Waals surface area contributed by atoms with Gasteiger partial charge in [-0.25, -0.2) is 9.37 Å². The zero-order valence-corrected chi connectivity index (χ0v) is 16.4. The van der Waals surface area contributed by atoms with Gasteiger partial charge < -0.3 is 20.6 Å². The van der Waals surface area contributed by atoms with Crippen molar-refractivity contribution in [3.63, 3.8) is 0 Å². The molecular weight excluding hydrogens is 357 g/mol. The normalized spacial score (nSPS) is 18.2. The number of aliphatic hydroxyl groups excluding tert-OH is 1. The van der Waals surface area contributed by atoms with Gasteiger partial charge in [0.1, 0.15) is 0 Å². The molecule has 28 heavy (non-hydrogen) atoms. The summed E-state index contributed by atoms with van der Waals surface area (Å²) in [5, 5.41) is 17.0. The van der Waals surface area contributed by atoms with Crippen LogP contribution in [0.2, 0.25) is 0 Å². The summed E-state index contributed by atoms with van der Waals surface area (Å²) in [5.74, 6) is 0.746. The van der Waals surface area contributed by atoms with E-state index in [0.717, 1.165) is 30.6 Å². The summed E-state index contributed by atoms with van der Waals surface area (Å²) in [5.41, 5.74) is 1.97. The number of aliphatic imine (C=N–C) groups is 1. The lowest BCUT2D eigenvalue weighted by Gasteiger charge is -2.20. The molecule has 1 fully saturated rings. The average Bonchev–Trinajstić information content (AvgIpc) is 3.14. The number of aromatic nitrogens is 1. The molecule has 2 aromatic rings. The highest BCUT2D eigenvalue weighted by molar-refractivity contribution is 5.80. The third kappa shape index (κ3) is 5.19. The van der Waals surface area contributed by atoms with Gasteiger partial charge in [-0.15, -0.1) is 0 Å². The lowest BCUT2D eigenvalue weighted by Crippen LogP contribution is -2.45. The van der Waals surface area contributed by atoms with Gasteiger partial charge in [-0.3, -0.25) is 4.99 Å².